The predicted octanol–water partition coefficient (Wildman–Crippen LogP) is 2.22. The van der Waals surface area contributed by atoms with Gasteiger partial charge in [-0.25, -0.2) is 9.79 Å². The smallest absolute Gasteiger partial charge is 0.335 e. The van der Waals surface area contributed by atoms with Gasteiger partial charge >= 0.3 is 5.97 Å². The maximum Gasteiger partial charge on any atom is 0.335 e. The van der Waals surface area contributed by atoms with Gasteiger partial charge in [0.05, 0.1) is 23.3 Å². The number of H-pyrrole nitrogens is 1. The topological polar surface area (TPSA) is 115 Å². The second kappa shape index (κ2) is 5.98. The molecule has 0 saturated heterocycles. The Hall–Kier alpha value is -2.98. The second-order valence-electron chi connectivity index (χ2n) is 4.03. The molecule has 4 N–H and O–H groups in total. The summed E-state index contributed by atoms with van der Waals surface area (Å²) in [5.74, 6) is -1.01. The number of hydrogen-bond acceptors (Lipinski definition) is 4. The normalized spacial score (nSPS) is 10.4. The van der Waals surface area contributed by atoms with Gasteiger partial charge in [0.2, 0.25) is 0 Å². The number of nitrogens with two attached hydrogens (primary N) is 1. The minimum absolute atomic E-state index is 0.166. The average molecular weight is 298 g/mol. The number of hydrogen-bond donors (Lipinski definition) is 3. The first-order valence-electron chi connectivity index (χ1n) is 5.81. The molecule has 0 amide bonds. The molecule has 0 unspecified atom stereocenters. The van der Waals surface area contributed by atoms with Crippen LogP contribution in [0.15, 0.2) is 29.3 Å². The van der Waals surface area contributed by atoms with Crippen molar-refractivity contribution in [2.75, 3.05) is 0 Å². The van der Waals surface area contributed by atoms with Crippen LogP contribution in [-0.2, 0) is 0 Å². The van der Waals surface area contributed by atoms with E-state index in [1.165, 1.54) is 17.5 Å². The summed E-state index contributed by atoms with van der Waals surface area (Å²) in [6, 6.07) is 8.20. The molecule has 104 valence electrons. The highest BCUT2D eigenvalue weighted by Gasteiger charge is 2.17. The first-order chi connectivity index (χ1) is 10.1. The van der Waals surface area contributed by atoms with E-state index >= 15 is 0 Å². The number of thiocarbonyl (C=S) groups is 1. The van der Waals surface area contributed by atoms with E-state index < -0.39 is 5.97 Å². The molecule has 1 heterocycles. The van der Waals surface area contributed by atoms with Crippen molar-refractivity contribution >= 4 is 35.6 Å². The van der Waals surface area contributed by atoms with E-state index in [0.29, 0.717) is 28.2 Å². The third-order valence-electron chi connectivity index (χ3n) is 2.86. The summed E-state index contributed by atoms with van der Waals surface area (Å²) in [5.41, 5.74) is 7.80. The molecule has 21 heavy (non-hydrogen) atoms. The Labute approximate surface area is 125 Å². The van der Waals surface area contributed by atoms with Crippen LogP contribution < -0.4 is 5.73 Å². The van der Waals surface area contributed by atoms with Crippen molar-refractivity contribution < 1.29 is 9.90 Å². The lowest BCUT2D eigenvalue weighted by Gasteiger charge is -2.00. The minimum atomic E-state index is -1.01. The van der Waals surface area contributed by atoms with E-state index in [1.807, 2.05) is 0 Å². The van der Waals surface area contributed by atoms with Crippen LogP contribution in [0.2, 0.25) is 0 Å². The number of aromatic carboxylic acids is 1. The Morgan fingerprint density at radius 2 is 2.10 bits per heavy atom. The highest BCUT2D eigenvalue weighted by Crippen LogP contribution is 2.33. The van der Waals surface area contributed by atoms with E-state index in [1.54, 1.807) is 12.1 Å². The Morgan fingerprint density at radius 3 is 2.57 bits per heavy atom. The molecular weight excluding hydrogens is 288 g/mol. The maximum atomic E-state index is 10.8. The number of carboxylic acid groups (broad SMARTS) is 1. The van der Waals surface area contributed by atoms with Crippen LogP contribution in [0.1, 0.15) is 21.6 Å². The van der Waals surface area contributed by atoms with Crippen LogP contribution in [0, 0.1) is 11.3 Å². The van der Waals surface area contributed by atoms with Crippen molar-refractivity contribution in [1.29, 1.82) is 5.26 Å². The predicted molar refractivity (Wildman–Crippen MR) is 83.0 cm³/mol. The molecule has 0 atom stereocenters. The van der Waals surface area contributed by atoms with Gasteiger partial charge in [0.1, 0.15) is 17.3 Å². The van der Waals surface area contributed by atoms with Crippen LogP contribution in [-0.4, -0.2) is 27.8 Å². The highest BCUT2D eigenvalue weighted by molar-refractivity contribution is 7.79. The van der Waals surface area contributed by atoms with Gasteiger partial charge in [0, 0.05) is 5.37 Å². The second-order valence-corrected chi connectivity index (χ2v) is 4.26. The number of carboxylic acids is 1. The molecule has 0 fully saturated rings. The Balaban J connectivity index is 2.61. The van der Waals surface area contributed by atoms with E-state index in [4.69, 9.17) is 23.1 Å². The van der Waals surface area contributed by atoms with Crippen LogP contribution >= 0.6 is 12.2 Å². The van der Waals surface area contributed by atoms with Crippen molar-refractivity contribution in [2.24, 2.45) is 10.7 Å². The van der Waals surface area contributed by atoms with E-state index in [9.17, 15) is 10.1 Å². The summed E-state index contributed by atoms with van der Waals surface area (Å²) >= 11 is 4.89. The van der Waals surface area contributed by atoms with E-state index in [-0.39, 0.29) is 5.56 Å². The van der Waals surface area contributed by atoms with Crippen LogP contribution in [0.5, 0.6) is 0 Å². The number of nitriles is 1. The highest BCUT2D eigenvalue weighted by atomic mass is 32.1. The summed E-state index contributed by atoms with van der Waals surface area (Å²) in [6.45, 7) is 0. The number of aromatic nitrogens is 1. The largest absolute Gasteiger partial charge is 0.478 e. The summed E-state index contributed by atoms with van der Waals surface area (Å²) in [4.78, 5) is 17.8. The van der Waals surface area contributed by atoms with Crippen molar-refractivity contribution in [3.8, 4) is 17.3 Å². The lowest BCUT2D eigenvalue weighted by molar-refractivity contribution is 0.0697. The molecule has 0 spiro atoms. The van der Waals surface area contributed by atoms with Crippen molar-refractivity contribution in [2.45, 2.75) is 0 Å². The zero-order valence-corrected chi connectivity index (χ0v) is 11.5. The number of aliphatic imine (C=N–C) groups is 1. The summed E-state index contributed by atoms with van der Waals surface area (Å²) < 4.78 is 0. The molecule has 2 aromatic rings. The van der Waals surface area contributed by atoms with Gasteiger partial charge in [-0.05, 0) is 17.7 Å². The fourth-order valence-electron chi connectivity index (χ4n) is 1.91. The zero-order valence-electron chi connectivity index (χ0n) is 10.7. The molecule has 2 rings (SSSR count). The van der Waals surface area contributed by atoms with Crippen molar-refractivity contribution in [3.63, 3.8) is 0 Å². The number of rotatable bonds is 4. The molecular formula is C14H10N4O2S. The fourth-order valence-corrected chi connectivity index (χ4v) is 2.08. The number of benzene rings is 1. The Kier molecular flexibility index (Phi) is 4.11. The number of aromatic amines is 1. The van der Waals surface area contributed by atoms with Crippen LogP contribution in [0.25, 0.3) is 11.3 Å². The monoisotopic (exact) mass is 298 g/mol. The third kappa shape index (κ3) is 2.66. The van der Waals surface area contributed by atoms with Crippen LogP contribution in [0.4, 0.5) is 5.69 Å². The van der Waals surface area contributed by atoms with Gasteiger partial charge in [0.25, 0.3) is 0 Å². The number of nitrogens with one attached hydrogen (secondary N) is 1. The molecule has 6 nitrogen and oxygen atoms in total. The van der Waals surface area contributed by atoms with Gasteiger partial charge in [-0.1, -0.05) is 24.4 Å². The molecule has 0 aliphatic rings. The fraction of sp³-hybridized carbons (Fsp3) is 0. The van der Waals surface area contributed by atoms with E-state index in [0.717, 1.165) is 6.34 Å². The van der Waals surface area contributed by atoms with Gasteiger partial charge in [-0.2, -0.15) is 5.26 Å². The molecule has 0 aliphatic heterocycles. The zero-order chi connectivity index (χ0) is 15.4. The van der Waals surface area contributed by atoms with Gasteiger partial charge in [0.15, 0.2) is 0 Å². The summed E-state index contributed by atoms with van der Waals surface area (Å²) in [5, 5.41) is 19.6. The Bertz CT molecular complexity index is 770. The molecule has 7 heteroatoms. The van der Waals surface area contributed by atoms with Crippen molar-refractivity contribution in [3.05, 3.63) is 41.1 Å². The maximum absolute atomic E-state index is 10.8. The quantitative estimate of drug-likeness (QED) is 0.455. The molecule has 0 saturated carbocycles. The van der Waals surface area contributed by atoms with Gasteiger partial charge < -0.3 is 15.8 Å². The average Bonchev–Trinajstić information content (AvgIpc) is 2.85. The summed E-state index contributed by atoms with van der Waals surface area (Å²) in [7, 11) is 0. The SMILES string of the molecule is N#Cc1c(-c2ccc(C(=O)O)cc2)[nH]c(C=S)c1N=CN. The Morgan fingerprint density at radius 1 is 1.43 bits per heavy atom. The molecule has 0 bridgehead atoms. The van der Waals surface area contributed by atoms with E-state index in [2.05, 4.69) is 16.0 Å². The third-order valence-corrected chi connectivity index (χ3v) is 3.09. The lowest BCUT2D eigenvalue weighted by atomic mass is 10.1. The van der Waals surface area contributed by atoms with Gasteiger partial charge in [-0.3, -0.25) is 0 Å². The molecule has 1 aromatic heterocycles. The van der Waals surface area contributed by atoms with Crippen molar-refractivity contribution in [1.82, 2.24) is 4.98 Å². The first kappa shape index (κ1) is 14.4. The molecule has 1 aromatic carbocycles. The molecule has 0 aliphatic carbocycles. The number of nitrogens with zero attached hydrogens (tertiary/aromatic N) is 2. The molecule has 0 radical (unpaired) electrons. The van der Waals surface area contributed by atoms with Gasteiger partial charge in [-0.15, -0.1) is 0 Å². The van der Waals surface area contributed by atoms with Crippen LogP contribution in [0.3, 0.4) is 0 Å². The standard InChI is InChI=1S/C14H10N4O2S/c15-5-10-12(18-11(6-21)13(10)17-7-16)8-1-3-9(4-2-8)14(19)20/h1-4,6-7,18H,(H2,16,17)(H,19,20). The lowest BCUT2D eigenvalue weighted by Crippen LogP contribution is -1.95. The number of carbonyl (C=O) groups is 1. The minimum Gasteiger partial charge on any atom is -0.478 e. The first-order valence-corrected chi connectivity index (χ1v) is 6.28. The summed E-state index contributed by atoms with van der Waals surface area (Å²) in [6.07, 6.45) is 1.09.